The number of hydrogen-bond donors (Lipinski definition) is 2. The summed E-state index contributed by atoms with van der Waals surface area (Å²) in [4.78, 5) is 11.9. The molecule has 1 amide bonds. The lowest BCUT2D eigenvalue weighted by atomic mass is 10.2. The number of hydrogen-bond acceptors (Lipinski definition) is 4. The third-order valence-electron chi connectivity index (χ3n) is 1.83. The topological polar surface area (TPSA) is 69.1 Å². The summed E-state index contributed by atoms with van der Waals surface area (Å²) in [6.07, 6.45) is 0. The monoisotopic (exact) mass is 224 g/mol. The molecule has 0 unspecified atom stereocenters. The average molecular weight is 224 g/mol. The van der Waals surface area contributed by atoms with Crippen LogP contribution in [0.2, 0.25) is 0 Å². The molecule has 0 radical (unpaired) electrons. The van der Waals surface area contributed by atoms with Crippen molar-refractivity contribution in [2.75, 3.05) is 5.73 Å². The van der Waals surface area contributed by atoms with Crippen LogP contribution in [0.25, 0.3) is 10.4 Å². The Morgan fingerprint density at radius 1 is 1.43 bits per heavy atom. The van der Waals surface area contributed by atoms with Gasteiger partial charge in [-0.25, -0.2) is 0 Å². The highest BCUT2D eigenvalue weighted by molar-refractivity contribution is 7.20. The quantitative estimate of drug-likeness (QED) is 0.820. The largest absolute Gasteiger partial charge is 0.390 e. The molecule has 2 rings (SSSR count). The molecule has 0 aromatic carbocycles. The zero-order valence-electron chi connectivity index (χ0n) is 7.19. The molecule has 2 aromatic heterocycles. The highest BCUT2D eigenvalue weighted by Crippen LogP contribution is 2.34. The molecule has 2 aromatic rings. The highest BCUT2D eigenvalue weighted by atomic mass is 32.1. The third-order valence-corrected chi connectivity index (χ3v) is 3.53. The van der Waals surface area contributed by atoms with Gasteiger partial charge in [-0.2, -0.15) is 11.3 Å². The molecule has 5 heteroatoms. The molecule has 4 N–H and O–H groups in total. The molecule has 0 saturated carbocycles. The SMILES string of the molecule is NC(=O)c1cc(-c2ccsc2)sc1N. The van der Waals surface area contributed by atoms with Crippen molar-refractivity contribution in [3.8, 4) is 10.4 Å². The van der Waals surface area contributed by atoms with E-state index in [1.54, 1.807) is 17.4 Å². The van der Waals surface area contributed by atoms with E-state index in [9.17, 15) is 4.79 Å². The lowest BCUT2D eigenvalue weighted by Gasteiger charge is -1.88. The van der Waals surface area contributed by atoms with E-state index < -0.39 is 5.91 Å². The van der Waals surface area contributed by atoms with E-state index in [0.29, 0.717) is 10.6 Å². The molecule has 0 aliphatic heterocycles. The summed E-state index contributed by atoms with van der Waals surface area (Å²) in [5.41, 5.74) is 12.3. The third kappa shape index (κ3) is 1.51. The molecule has 72 valence electrons. The van der Waals surface area contributed by atoms with Gasteiger partial charge in [-0.3, -0.25) is 4.79 Å². The predicted octanol–water partition coefficient (Wildman–Crippen LogP) is 2.16. The van der Waals surface area contributed by atoms with Crippen molar-refractivity contribution in [2.45, 2.75) is 0 Å². The Bertz CT molecular complexity index is 459. The van der Waals surface area contributed by atoms with Gasteiger partial charge < -0.3 is 11.5 Å². The minimum absolute atomic E-state index is 0.413. The first-order chi connectivity index (χ1) is 6.68. The van der Waals surface area contributed by atoms with Gasteiger partial charge in [-0.05, 0) is 22.9 Å². The fourth-order valence-electron chi connectivity index (χ4n) is 1.14. The Labute approximate surface area is 89.0 Å². The number of nitrogens with two attached hydrogens (primary N) is 2. The first-order valence-corrected chi connectivity index (χ1v) is 5.66. The molecule has 2 heterocycles. The van der Waals surface area contributed by atoms with Crippen molar-refractivity contribution < 1.29 is 4.79 Å². The second-order valence-corrected chi connectivity index (χ2v) is 4.63. The van der Waals surface area contributed by atoms with Gasteiger partial charge in [-0.15, -0.1) is 11.3 Å². The smallest absolute Gasteiger partial charge is 0.251 e. The number of carbonyl (C=O) groups is 1. The van der Waals surface area contributed by atoms with Gasteiger partial charge in [0.05, 0.1) is 10.6 Å². The van der Waals surface area contributed by atoms with Crippen molar-refractivity contribution in [1.29, 1.82) is 0 Å². The molecule has 14 heavy (non-hydrogen) atoms. The van der Waals surface area contributed by atoms with Gasteiger partial charge in [-0.1, -0.05) is 0 Å². The number of anilines is 1. The minimum Gasteiger partial charge on any atom is -0.390 e. The van der Waals surface area contributed by atoms with Crippen LogP contribution < -0.4 is 11.5 Å². The van der Waals surface area contributed by atoms with Crippen LogP contribution in [-0.4, -0.2) is 5.91 Å². The predicted molar refractivity (Wildman–Crippen MR) is 60.6 cm³/mol. The maximum atomic E-state index is 11.0. The summed E-state index contributed by atoms with van der Waals surface area (Å²) in [7, 11) is 0. The molecule has 0 atom stereocenters. The van der Waals surface area contributed by atoms with Gasteiger partial charge in [0.15, 0.2) is 0 Å². The van der Waals surface area contributed by atoms with Gasteiger partial charge in [0.1, 0.15) is 0 Å². The summed E-state index contributed by atoms with van der Waals surface area (Å²) in [6, 6.07) is 3.73. The molecule has 0 aliphatic rings. The lowest BCUT2D eigenvalue weighted by molar-refractivity contribution is 0.100. The molecular formula is C9H8N2OS2. The number of rotatable bonds is 2. The maximum Gasteiger partial charge on any atom is 0.251 e. The van der Waals surface area contributed by atoms with Crippen LogP contribution in [0.4, 0.5) is 5.00 Å². The second-order valence-electron chi connectivity index (χ2n) is 2.76. The van der Waals surface area contributed by atoms with Crippen LogP contribution in [0, 0.1) is 0 Å². The van der Waals surface area contributed by atoms with Crippen LogP contribution in [0.3, 0.4) is 0 Å². The molecular weight excluding hydrogens is 216 g/mol. The molecule has 0 saturated heterocycles. The summed E-state index contributed by atoms with van der Waals surface area (Å²) >= 11 is 2.99. The number of nitrogen functional groups attached to an aromatic ring is 1. The summed E-state index contributed by atoms with van der Waals surface area (Å²) in [5.74, 6) is -0.472. The summed E-state index contributed by atoms with van der Waals surface area (Å²) in [6.45, 7) is 0. The average Bonchev–Trinajstić information content (AvgIpc) is 2.70. The Hall–Kier alpha value is -1.33. The zero-order chi connectivity index (χ0) is 10.1. The van der Waals surface area contributed by atoms with Crippen LogP contribution in [0.1, 0.15) is 10.4 Å². The lowest BCUT2D eigenvalue weighted by Crippen LogP contribution is -2.11. The van der Waals surface area contributed by atoms with Crippen molar-refractivity contribution >= 4 is 33.6 Å². The van der Waals surface area contributed by atoms with Crippen molar-refractivity contribution in [2.24, 2.45) is 5.73 Å². The number of carbonyl (C=O) groups excluding carboxylic acids is 1. The van der Waals surface area contributed by atoms with E-state index in [0.717, 1.165) is 10.4 Å². The van der Waals surface area contributed by atoms with E-state index in [-0.39, 0.29) is 0 Å². The second kappa shape index (κ2) is 3.43. The van der Waals surface area contributed by atoms with E-state index in [1.165, 1.54) is 11.3 Å². The fourth-order valence-corrected chi connectivity index (χ4v) is 2.80. The Morgan fingerprint density at radius 2 is 2.21 bits per heavy atom. The van der Waals surface area contributed by atoms with Gasteiger partial charge in [0.2, 0.25) is 0 Å². The number of amides is 1. The summed E-state index contributed by atoms with van der Waals surface area (Å²) in [5, 5.41) is 4.48. The maximum absolute atomic E-state index is 11.0. The Balaban J connectivity index is 2.48. The van der Waals surface area contributed by atoms with E-state index in [4.69, 9.17) is 11.5 Å². The van der Waals surface area contributed by atoms with E-state index >= 15 is 0 Å². The van der Waals surface area contributed by atoms with Crippen LogP contribution >= 0.6 is 22.7 Å². The van der Waals surface area contributed by atoms with Crippen molar-refractivity contribution in [3.05, 3.63) is 28.5 Å². The summed E-state index contributed by atoms with van der Waals surface area (Å²) < 4.78 is 0. The molecule has 3 nitrogen and oxygen atoms in total. The minimum atomic E-state index is -0.472. The fraction of sp³-hybridized carbons (Fsp3) is 0. The zero-order valence-corrected chi connectivity index (χ0v) is 8.82. The molecule has 0 fully saturated rings. The van der Waals surface area contributed by atoms with Gasteiger partial charge >= 0.3 is 0 Å². The van der Waals surface area contributed by atoms with Crippen molar-refractivity contribution in [3.63, 3.8) is 0 Å². The number of thiophene rings is 2. The first-order valence-electron chi connectivity index (χ1n) is 3.90. The highest BCUT2D eigenvalue weighted by Gasteiger charge is 2.11. The molecule has 0 aliphatic carbocycles. The van der Waals surface area contributed by atoms with E-state index in [1.807, 2.05) is 16.8 Å². The normalized spacial score (nSPS) is 10.3. The van der Waals surface area contributed by atoms with Crippen molar-refractivity contribution in [1.82, 2.24) is 0 Å². The van der Waals surface area contributed by atoms with Gasteiger partial charge in [0.25, 0.3) is 5.91 Å². The van der Waals surface area contributed by atoms with Crippen LogP contribution in [-0.2, 0) is 0 Å². The van der Waals surface area contributed by atoms with Crippen LogP contribution in [0.5, 0.6) is 0 Å². The van der Waals surface area contributed by atoms with E-state index in [2.05, 4.69) is 0 Å². The molecule has 0 spiro atoms. The standard InChI is InChI=1S/C9H8N2OS2/c10-8(12)6-3-7(14-9(6)11)5-1-2-13-4-5/h1-4H,11H2,(H2,10,12). The van der Waals surface area contributed by atoms with Crippen LogP contribution in [0.15, 0.2) is 22.9 Å². The number of primary amides is 1. The molecule has 0 bridgehead atoms. The first kappa shape index (κ1) is 9.23. The Kier molecular flexibility index (Phi) is 2.26. The Morgan fingerprint density at radius 3 is 2.71 bits per heavy atom. The van der Waals surface area contributed by atoms with Gasteiger partial charge in [0, 0.05) is 10.4 Å².